The van der Waals surface area contributed by atoms with Gasteiger partial charge in [0, 0.05) is 5.56 Å². The second-order valence-electron chi connectivity index (χ2n) is 5.07. The summed E-state index contributed by atoms with van der Waals surface area (Å²) in [6.45, 7) is 0. The summed E-state index contributed by atoms with van der Waals surface area (Å²) < 4.78 is 23.7. The van der Waals surface area contributed by atoms with Crippen LogP contribution < -0.4 is 14.8 Å². The number of hydrogen-bond donors (Lipinski definition) is 1. The van der Waals surface area contributed by atoms with Crippen LogP contribution in [0.15, 0.2) is 53.2 Å². The molecule has 1 aliphatic heterocycles. The van der Waals surface area contributed by atoms with E-state index in [4.69, 9.17) is 9.47 Å². The zero-order chi connectivity index (χ0) is 17.1. The summed E-state index contributed by atoms with van der Waals surface area (Å²) in [5.74, 6) is 0.480. The molecule has 0 fully saturated rings. The van der Waals surface area contributed by atoms with E-state index in [0.717, 1.165) is 5.56 Å². The molecule has 24 heavy (non-hydrogen) atoms. The summed E-state index contributed by atoms with van der Waals surface area (Å²) in [6, 6.07) is 11.6. The van der Waals surface area contributed by atoms with Crippen molar-refractivity contribution in [3.8, 4) is 11.5 Å². The average Bonchev–Trinajstić information content (AvgIpc) is 2.96. The predicted octanol–water partition coefficient (Wildman–Crippen LogP) is 2.76. The van der Waals surface area contributed by atoms with Crippen LogP contribution in [0.25, 0.3) is 6.08 Å². The lowest BCUT2D eigenvalue weighted by atomic mass is 10.2. The number of rotatable bonds is 4. The molecule has 6 heteroatoms. The monoisotopic (exact) mass is 326 g/mol. The van der Waals surface area contributed by atoms with Crippen LogP contribution in [0, 0.1) is 5.82 Å². The molecule has 1 aliphatic rings. The molecule has 1 heterocycles. The average molecular weight is 326 g/mol. The molecule has 2 aromatic carbocycles. The molecule has 3 rings (SSSR count). The summed E-state index contributed by atoms with van der Waals surface area (Å²) >= 11 is 0. The third kappa shape index (κ3) is 3.12. The van der Waals surface area contributed by atoms with Gasteiger partial charge in [-0.15, -0.1) is 0 Å². The SMILES string of the molecule is COc1ccc(C2=N/C(=C/c3ccc(OC)c(F)c3)C(=O)N2)cc1. The number of halogens is 1. The lowest BCUT2D eigenvalue weighted by molar-refractivity contribution is -0.115. The molecule has 122 valence electrons. The van der Waals surface area contributed by atoms with Crippen LogP contribution >= 0.6 is 0 Å². The fraction of sp³-hybridized carbons (Fsp3) is 0.111. The molecule has 0 aromatic heterocycles. The topological polar surface area (TPSA) is 59.9 Å². The van der Waals surface area contributed by atoms with E-state index in [0.29, 0.717) is 17.1 Å². The first-order chi connectivity index (χ1) is 11.6. The van der Waals surface area contributed by atoms with Crippen molar-refractivity contribution in [2.24, 2.45) is 4.99 Å². The number of benzene rings is 2. The molecule has 0 spiro atoms. The van der Waals surface area contributed by atoms with Crippen molar-refractivity contribution in [2.75, 3.05) is 14.2 Å². The van der Waals surface area contributed by atoms with Crippen LogP contribution in [0.4, 0.5) is 4.39 Å². The molecular formula is C18H15FN2O3. The third-order valence-electron chi connectivity index (χ3n) is 3.54. The minimum absolute atomic E-state index is 0.149. The molecule has 0 bridgehead atoms. The van der Waals surface area contributed by atoms with Crippen LogP contribution in [0.2, 0.25) is 0 Å². The van der Waals surface area contributed by atoms with Crippen LogP contribution in [0.5, 0.6) is 11.5 Å². The molecule has 0 atom stereocenters. The first-order valence-corrected chi connectivity index (χ1v) is 7.20. The number of nitrogens with one attached hydrogen (secondary N) is 1. The first kappa shape index (κ1) is 15.7. The van der Waals surface area contributed by atoms with E-state index in [1.165, 1.54) is 25.3 Å². The molecule has 1 amide bonds. The summed E-state index contributed by atoms with van der Waals surface area (Å²) in [4.78, 5) is 16.3. The van der Waals surface area contributed by atoms with Crippen LogP contribution in [-0.2, 0) is 4.79 Å². The Morgan fingerprint density at radius 2 is 1.83 bits per heavy atom. The van der Waals surface area contributed by atoms with E-state index >= 15 is 0 Å². The van der Waals surface area contributed by atoms with Gasteiger partial charge in [-0.3, -0.25) is 4.79 Å². The van der Waals surface area contributed by atoms with Gasteiger partial charge in [-0.05, 0) is 48.0 Å². The summed E-state index contributed by atoms with van der Waals surface area (Å²) in [7, 11) is 2.98. The van der Waals surface area contributed by atoms with Crippen LogP contribution in [0.3, 0.4) is 0 Å². The van der Waals surface area contributed by atoms with Gasteiger partial charge in [0.25, 0.3) is 5.91 Å². The Balaban J connectivity index is 1.89. The van der Waals surface area contributed by atoms with Gasteiger partial charge < -0.3 is 14.8 Å². The Morgan fingerprint density at radius 3 is 2.46 bits per heavy atom. The number of amidine groups is 1. The van der Waals surface area contributed by atoms with Gasteiger partial charge in [0.2, 0.25) is 0 Å². The van der Waals surface area contributed by atoms with Crippen molar-refractivity contribution in [3.63, 3.8) is 0 Å². The third-order valence-corrected chi connectivity index (χ3v) is 3.54. The highest BCUT2D eigenvalue weighted by molar-refractivity contribution is 6.19. The first-order valence-electron chi connectivity index (χ1n) is 7.20. The normalized spacial score (nSPS) is 15.2. The fourth-order valence-electron chi connectivity index (χ4n) is 2.28. The van der Waals surface area contributed by atoms with Gasteiger partial charge in [0.05, 0.1) is 14.2 Å². The number of hydrogen-bond acceptors (Lipinski definition) is 4. The minimum Gasteiger partial charge on any atom is -0.497 e. The summed E-state index contributed by atoms with van der Waals surface area (Å²) in [5.41, 5.74) is 1.50. The number of aliphatic imine (C=N–C) groups is 1. The lowest BCUT2D eigenvalue weighted by Crippen LogP contribution is -2.24. The second kappa shape index (κ2) is 6.54. The van der Waals surface area contributed by atoms with Crippen molar-refractivity contribution in [3.05, 3.63) is 65.1 Å². The summed E-state index contributed by atoms with van der Waals surface area (Å²) in [5, 5.41) is 2.70. The number of amides is 1. The molecule has 0 saturated carbocycles. The standard InChI is InChI=1S/C18H15FN2O3/c1-23-13-6-4-12(5-7-13)17-20-15(18(22)21-17)10-11-3-8-16(24-2)14(19)9-11/h3-10H,1-2H3,(H,20,21,22)/b15-10+. The number of nitrogens with zero attached hydrogens (tertiary/aromatic N) is 1. The number of methoxy groups -OCH3 is 2. The van der Waals surface area contributed by atoms with Crippen molar-refractivity contribution >= 4 is 17.8 Å². The smallest absolute Gasteiger partial charge is 0.275 e. The molecule has 0 radical (unpaired) electrons. The molecule has 0 saturated heterocycles. The minimum atomic E-state index is -0.496. The van der Waals surface area contributed by atoms with E-state index in [1.54, 1.807) is 37.4 Å². The van der Waals surface area contributed by atoms with E-state index in [1.807, 2.05) is 0 Å². The molecule has 2 aromatic rings. The number of carbonyl (C=O) groups excluding carboxylic acids is 1. The van der Waals surface area contributed by atoms with E-state index in [9.17, 15) is 9.18 Å². The van der Waals surface area contributed by atoms with Gasteiger partial charge in [0.1, 0.15) is 17.3 Å². The highest BCUT2D eigenvalue weighted by Gasteiger charge is 2.21. The van der Waals surface area contributed by atoms with Crippen molar-refractivity contribution in [1.29, 1.82) is 0 Å². The maximum Gasteiger partial charge on any atom is 0.275 e. The lowest BCUT2D eigenvalue weighted by Gasteiger charge is -2.02. The van der Waals surface area contributed by atoms with Gasteiger partial charge >= 0.3 is 0 Å². The Hall–Kier alpha value is -3.15. The van der Waals surface area contributed by atoms with Gasteiger partial charge in [-0.25, -0.2) is 9.38 Å². The highest BCUT2D eigenvalue weighted by atomic mass is 19.1. The quantitative estimate of drug-likeness (QED) is 0.879. The zero-order valence-corrected chi connectivity index (χ0v) is 13.2. The molecule has 0 aliphatic carbocycles. The Morgan fingerprint density at radius 1 is 1.08 bits per heavy atom. The van der Waals surface area contributed by atoms with E-state index in [-0.39, 0.29) is 17.4 Å². The molecule has 1 N–H and O–H groups in total. The van der Waals surface area contributed by atoms with Crippen molar-refractivity contribution in [1.82, 2.24) is 5.32 Å². The molecule has 5 nitrogen and oxygen atoms in total. The van der Waals surface area contributed by atoms with Gasteiger partial charge in [-0.2, -0.15) is 0 Å². The number of ether oxygens (including phenoxy) is 2. The second-order valence-corrected chi connectivity index (χ2v) is 5.07. The highest BCUT2D eigenvalue weighted by Crippen LogP contribution is 2.21. The Labute approximate surface area is 138 Å². The largest absolute Gasteiger partial charge is 0.497 e. The molecule has 0 unspecified atom stereocenters. The van der Waals surface area contributed by atoms with Gasteiger partial charge in [-0.1, -0.05) is 6.07 Å². The Kier molecular flexibility index (Phi) is 4.29. The molecular weight excluding hydrogens is 311 g/mol. The maximum atomic E-state index is 13.7. The van der Waals surface area contributed by atoms with Crippen molar-refractivity contribution in [2.45, 2.75) is 0 Å². The van der Waals surface area contributed by atoms with E-state index < -0.39 is 5.82 Å². The summed E-state index contributed by atoms with van der Waals surface area (Å²) in [6.07, 6.45) is 1.52. The van der Waals surface area contributed by atoms with Crippen LogP contribution in [0.1, 0.15) is 11.1 Å². The van der Waals surface area contributed by atoms with Crippen molar-refractivity contribution < 1.29 is 18.7 Å². The predicted molar refractivity (Wildman–Crippen MR) is 88.6 cm³/mol. The maximum absolute atomic E-state index is 13.7. The zero-order valence-electron chi connectivity index (χ0n) is 13.2. The Bertz CT molecular complexity index is 842. The van der Waals surface area contributed by atoms with Crippen LogP contribution in [-0.4, -0.2) is 26.0 Å². The fourth-order valence-corrected chi connectivity index (χ4v) is 2.28. The number of carbonyl (C=O) groups is 1. The van der Waals surface area contributed by atoms with Gasteiger partial charge in [0.15, 0.2) is 11.6 Å². The van der Waals surface area contributed by atoms with E-state index in [2.05, 4.69) is 10.3 Å².